The average Bonchev–Trinajstić information content (AvgIpc) is 2.47. The van der Waals surface area contributed by atoms with Crippen molar-refractivity contribution >= 4 is 21.8 Å². The molecule has 0 aliphatic carbocycles. The number of alkyl halides is 1. The summed E-state index contributed by atoms with van der Waals surface area (Å²) in [6.07, 6.45) is 2.29. The number of methoxy groups -OCH3 is 1. The molecular formula is C15H20BrNO2. The van der Waals surface area contributed by atoms with Crippen LogP contribution in [0.2, 0.25) is 0 Å². The molecule has 1 heterocycles. The van der Waals surface area contributed by atoms with E-state index >= 15 is 0 Å². The first kappa shape index (κ1) is 14.4. The molecule has 0 saturated carbocycles. The van der Waals surface area contributed by atoms with Crippen LogP contribution in [0.25, 0.3) is 0 Å². The van der Waals surface area contributed by atoms with Crippen molar-refractivity contribution in [2.45, 2.75) is 19.8 Å². The minimum atomic E-state index is 0.115. The number of rotatable bonds is 3. The van der Waals surface area contributed by atoms with Crippen LogP contribution in [0.4, 0.5) is 0 Å². The van der Waals surface area contributed by atoms with Crippen LogP contribution in [0, 0.1) is 12.8 Å². The Morgan fingerprint density at radius 1 is 1.53 bits per heavy atom. The number of ether oxygens (including phenoxy) is 1. The van der Waals surface area contributed by atoms with Crippen molar-refractivity contribution in [2.24, 2.45) is 5.92 Å². The number of aryl methyl sites for hydroxylation is 1. The SMILES string of the molecule is COc1cc(C(=O)N2CCCC(CBr)C2)ccc1C. The van der Waals surface area contributed by atoms with Crippen molar-refractivity contribution in [2.75, 3.05) is 25.5 Å². The summed E-state index contributed by atoms with van der Waals surface area (Å²) < 4.78 is 5.29. The van der Waals surface area contributed by atoms with Crippen molar-refractivity contribution in [3.63, 3.8) is 0 Å². The summed E-state index contributed by atoms with van der Waals surface area (Å²) in [5, 5.41) is 0.966. The van der Waals surface area contributed by atoms with Crippen molar-refractivity contribution in [1.29, 1.82) is 0 Å². The maximum atomic E-state index is 12.5. The summed E-state index contributed by atoms with van der Waals surface area (Å²) >= 11 is 3.52. The quantitative estimate of drug-likeness (QED) is 0.798. The van der Waals surface area contributed by atoms with Crippen molar-refractivity contribution in [1.82, 2.24) is 4.90 Å². The second-order valence-corrected chi connectivity index (χ2v) is 5.75. The molecule has 0 spiro atoms. The van der Waals surface area contributed by atoms with E-state index in [0.29, 0.717) is 5.92 Å². The molecular weight excluding hydrogens is 306 g/mol. The van der Waals surface area contributed by atoms with E-state index in [4.69, 9.17) is 4.74 Å². The minimum Gasteiger partial charge on any atom is -0.496 e. The van der Waals surface area contributed by atoms with Gasteiger partial charge >= 0.3 is 0 Å². The third-order valence-corrected chi connectivity index (χ3v) is 4.60. The van der Waals surface area contributed by atoms with Crippen molar-refractivity contribution in [3.05, 3.63) is 29.3 Å². The van der Waals surface area contributed by atoms with Gasteiger partial charge in [-0.3, -0.25) is 4.79 Å². The predicted octanol–water partition coefficient (Wildman–Crippen LogP) is 3.25. The molecule has 1 unspecified atom stereocenters. The van der Waals surface area contributed by atoms with E-state index in [9.17, 15) is 4.79 Å². The van der Waals surface area contributed by atoms with Gasteiger partial charge in [0.15, 0.2) is 0 Å². The van der Waals surface area contributed by atoms with Crippen LogP contribution >= 0.6 is 15.9 Å². The molecule has 1 aliphatic heterocycles. The molecule has 0 aromatic heterocycles. The Morgan fingerprint density at radius 3 is 3.00 bits per heavy atom. The summed E-state index contributed by atoms with van der Waals surface area (Å²) in [7, 11) is 1.64. The van der Waals surface area contributed by atoms with Crippen molar-refractivity contribution < 1.29 is 9.53 Å². The third kappa shape index (κ3) is 3.30. The average molecular weight is 326 g/mol. The van der Waals surface area contributed by atoms with Crippen LogP contribution in [-0.2, 0) is 0 Å². The van der Waals surface area contributed by atoms with Gasteiger partial charge in [-0.1, -0.05) is 22.0 Å². The number of nitrogens with zero attached hydrogens (tertiary/aromatic N) is 1. The Balaban J connectivity index is 2.14. The van der Waals surface area contributed by atoms with Crippen LogP contribution in [0.15, 0.2) is 18.2 Å². The molecule has 1 atom stereocenters. The van der Waals surface area contributed by atoms with Crippen LogP contribution in [-0.4, -0.2) is 36.3 Å². The number of likely N-dealkylation sites (tertiary alicyclic amines) is 1. The lowest BCUT2D eigenvalue weighted by atomic mass is 9.99. The molecule has 1 aliphatic rings. The fraction of sp³-hybridized carbons (Fsp3) is 0.533. The molecule has 19 heavy (non-hydrogen) atoms. The lowest BCUT2D eigenvalue weighted by Gasteiger charge is -2.32. The van der Waals surface area contributed by atoms with Gasteiger partial charge in [0.1, 0.15) is 5.75 Å². The number of benzene rings is 1. The van der Waals surface area contributed by atoms with Gasteiger partial charge < -0.3 is 9.64 Å². The van der Waals surface area contributed by atoms with Crippen molar-refractivity contribution in [3.8, 4) is 5.75 Å². The number of piperidine rings is 1. The van der Waals surface area contributed by atoms with Crippen LogP contribution < -0.4 is 4.74 Å². The Kier molecular flexibility index (Phi) is 4.86. The van der Waals surface area contributed by atoms with Gasteiger partial charge in [-0.2, -0.15) is 0 Å². The van der Waals surface area contributed by atoms with Crippen LogP contribution in [0.5, 0.6) is 5.75 Å². The smallest absolute Gasteiger partial charge is 0.253 e. The maximum Gasteiger partial charge on any atom is 0.253 e. The van der Waals surface area contributed by atoms with E-state index in [-0.39, 0.29) is 5.91 Å². The number of amides is 1. The molecule has 3 nitrogen and oxygen atoms in total. The zero-order valence-electron chi connectivity index (χ0n) is 11.5. The first-order valence-electron chi connectivity index (χ1n) is 6.65. The largest absolute Gasteiger partial charge is 0.496 e. The van der Waals surface area contributed by atoms with Gasteiger partial charge in [-0.05, 0) is 43.4 Å². The van der Waals surface area contributed by atoms with E-state index in [1.54, 1.807) is 7.11 Å². The van der Waals surface area contributed by atoms with Gasteiger partial charge in [0.05, 0.1) is 7.11 Å². The fourth-order valence-electron chi connectivity index (χ4n) is 2.51. The van der Waals surface area contributed by atoms with E-state index < -0.39 is 0 Å². The van der Waals surface area contributed by atoms with Gasteiger partial charge in [-0.25, -0.2) is 0 Å². The standard InChI is InChI=1S/C15H20BrNO2/c1-11-5-6-13(8-14(11)19-2)15(18)17-7-3-4-12(9-16)10-17/h5-6,8,12H,3-4,7,9-10H2,1-2H3. The zero-order chi connectivity index (χ0) is 13.8. The molecule has 4 heteroatoms. The number of carbonyl (C=O) groups is 1. The van der Waals surface area contributed by atoms with Gasteiger partial charge in [0.25, 0.3) is 5.91 Å². The third-order valence-electron chi connectivity index (χ3n) is 3.68. The first-order chi connectivity index (χ1) is 9.15. The van der Waals surface area contributed by atoms with E-state index in [0.717, 1.165) is 41.7 Å². The normalized spacial score (nSPS) is 19.3. The zero-order valence-corrected chi connectivity index (χ0v) is 13.1. The van der Waals surface area contributed by atoms with E-state index in [1.165, 1.54) is 6.42 Å². The summed E-state index contributed by atoms with van der Waals surface area (Å²) in [6.45, 7) is 3.69. The van der Waals surface area contributed by atoms with Gasteiger partial charge in [0.2, 0.25) is 0 Å². The van der Waals surface area contributed by atoms with E-state index in [1.807, 2.05) is 30.0 Å². The van der Waals surface area contributed by atoms with E-state index in [2.05, 4.69) is 15.9 Å². The summed E-state index contributed by atoms with van der Waals surface area (Å²) in [6, 6.07) is 5.67. The Morgan fingerprint density at radius 2 is 2.32 bits per heavy atom. The highest BCUT2D eigenvalue weighted by atomic mass is 79.9. The Bertz CT molecular complexity index is 461. The lowest BCUT2D eigenvalue weighted by Crippen LogP contribution is -2.40. The lowest BCUT2D eigenvalue weighted by molar-refractivity contribution is 0.0685. The predicted molar refractivity (Wildman–Crippen MR) is 80.2 cm³/mol. The highest BCUT2D eigenvalue weighted by Crippen LogP contribution is 2.23. The molecule has 1 aromatic carbocycles. The maximum absolute atomic E-state index is 12.5. The topological polar surface area (TPSA) is 29.5 Å². The highest BCUT2D eigenvalue weighted by Gasteiger charge is 2.24. The second-order valence-electron chi connectivity index (χ2n) is 5.10. The highest BCUT2D eigenvalue weighted by molar-refractivity contribution is 9.09. The molecule has 1 aromatic rings. The molecule has 1 fully saturated rings. The number of hydrogen-bond acceptors (Lipinski definition) is 2. The molecule has 104 valence electrons. The fourth-order valence-corrected chi connectivity index (χ4v) is 3.04. The molecule has 1 saturated heterocycles. The number of carbonyl (C=O) groups excluding carboxylic acids is 1. The Hall–Kier alpha value is -1.03. The second kappa shape index (κ2) is 6.42. The van der Waals surface area contributed by atoms with Gasteiger partial charge in [-0.15, -0.1) is 0 Å². The minimum absolute atomic E-state index is 0.115. The summed E-state index contributed by atoms with van der Waals surface area (Å²) in [5.41, 5.74) is 1.77. The monoisotopic (exact) mass is 325 g/mol. The molecule has 0 bridgehead atoms. The number of hydrogen-bond donors (Lipinski definition) is 0. The van der Waals surface area contributed by atoms with Gasteiger partial charge in [0, 0.05) is 24.0 Å². The molecule has 1 amide bonds. The van der Waals surface area contributed by atoms with Crippen LogP contribution in [0.3, 0.4) is 0 Å². The summed E-state index contributed by atoms with van der Waals surface area (Å²) in [4.78, 5) is 14.5. The number of halogens is 1. The Labute approximate surface area is 123 Å². The molecule has 2 rings (SSSR count). The first-order valence-corrected chi connectivity index (χ1v) is 7.77. The molecule has 0 radical (unpaired) electrons. The van der Waals surface area contributed by atoms with Crippen LogP contribution in [0.1, 0.15) is 28.8 Å². The summed E-state index contributed by atoms with van der Waals surface area (Å²) in [5.74, 6) is 1.47. The molecule has 0 N–H and O–H groups in total.